The highest BCUT2D eigenvalue weighted by molar-refractivity contribution is 7.07. The Morgan fingerprint density at radius 3 is 2.33 bits per heavy atom. The summed E-state index contributed by atoms with van der Waals surface area (Å²) < 4.78 is 24.4. The molecule has 0 spiro atoms. The molecule has 2 aromatic carbocycles. The first-order valence-electron chi connectivity index (χ1n) is 12.9. The Balaban J connectivity index is 1.65. The highest BCUT2D eigenvalue weighted by Crippen LogP contribution is 2.42. The van der Waals surface area contributed by atoms with E-state index in [-0.39, 0.29) is 23.5 Å². The minimum Gasteiger partial charge on any atom is -0.493 e. The Morgan fingerprint density at radius 1 is 1.10 bits per heavy atom. The molecule has 12 heteroatoms. The smallest absolute Gasteiger partial charge is 0.271 e. The summed E-state index contributed by atoms with van der Waals surface area (Å²) >= 11 is 1.18. The van der Waals surface area contributed by atoms with Gasteiger partial charge in [0.15, 0.2) is 22.1 Å². The number of benzene rings is 2. The zero-order chi connectivity index (χ0) is 30.1. The van der Waals surface area contributed by atoms with Crippen molar-refractivity contribution in [3.63, 3.8) is 0 Å². The molecule has 42 heavy (non-hydrogen) atoms. The number of allylic oxidation sites excluding steroid dienone is 2. The number of rotatable bonds is 9. The molecule has 0 N–H and O–H groups in total. The van der Waals surface area contributed by atoms with E-state index in [2.05, 4.69) is 4.99 Å². The fraction of sp³-hybridized carbons (Fsp3) is 0.233. The minimum atomic E-state index is -0.781. The summed E-state index contributed by atoms with van der Waals surface area (Å²) in [5, 5.41) is 11.0. The molecule has 216 valence electrons. The molecule has 0 bridgehead atoms. The highest BCUT2D eigenvalue weighted by Gasteiger charge is 2.33. The zero-order valence-corrected chi connectivity index (χ0v) is 24.3. The van der Waals surface area contributed by atoms with E-state index in [9.17, 15) is 19.7 Å². The van der Waals surface area contributed by atoms with E-state index in [0.717, 1.165) is 0 Å². The van der Waals surface area contributed by atoms with Gasteiger partial charge in [-0.1, -0.05) is 18.3 Å². The number of ketones is 1. The summed E-state index contributed by atoms with van der Waals surface area (Å²) in [6, 6.07) is 12.1. The summed E-state index contributed by atoms with van der Waals surface area (Å²) in [6.07, 6.45) is 1.85. The molecule has 1 aliphatic heterocycles. The Bertz CT molecular complexity index is 1890. The maximum atomic E-state index is 13.9. The van der Waals surface area contributed by atoms with Gasteiger partial charge in [-0.15, -0.1) is 0 Å². The summed E-state index contributed by atoms with van der Waals surface area (Å²) in [5.74, 6) is 1.94. The third-order valence-corrected chi connectivity index (χ3v) is 7.89. The molecule has 1 unspecified atom stereocenters. The molecule has 0 saturated carbocycles. The maximum absolute atomic E-state index is 13.9. The van der Waals surface area contributed by atoms with Crippen molar-refractivity contribution in [3.8, 4) is 28.6 Å². The molecule has 1 aliphatic rings. The number of fused-ring (bicyclic) bond motifs is 1. The van der Waals surface area contributed by atoms with Gasteiger partial charge in [-0.2, -0.15) is 0 Å². The van der Waals surface area contributed by atoms with Crippen molar-refractivity contribution in [1.82, 2.24) is 4.57 Å². The lowest BCUT2D eigenvalue weighted by atomic mass is 9.91. The van der Waals surface area contributed by atoms with Crippen LogP contribution in [-0.2, 0) is 4.79 Å². The van der Waals surface area contributed by atoms with Gasteiger partial charge in [-0.05, 0) is 48.9 Å². The van der Waals surface area contributed by atoms with Crippen molar-refractivity contribution in [2.75, 3.05) is 21.3 Å². The number of furan rings is 1. The van der Waals surface area contributed by atoms with Crippen molar-refractivity contribution in [1.29, 1.82) is 0 Å². The number of thiazole rings is 1. The third-order valence-electron chi connectivity index (χ3n) is 6.91. The van der Waals surface area contributed by atoms with Crippen LogP contribution < -0.4 is 29.1 Å². The van der Waals surface area contributed by atoms with Crippen LogP contribution in [0.1, 0.15) is 37.6 Å². The van der Waals surface area contributed by atoms with Gasteiger partial charge in [0.05, 0.1) is 36.8 Å². The third kappa shape index (κ3) is 5.00. The predicted octanol–water partition coefficient (Wildman–Crippen LogP) is 4.41. The van der Waals surface area contributed by atoms with E-state index in [1.54, 1.807) is 56.3 Å². The lowest BCUT2D eigenvalue weighted by molar-refractivity contribution is -0.384. The summed E-state index contributed by atoms with van der Waals surface area (Å²) in [6.45, 7) is 3.52. The van der Waals surface area contributed by atoms with E-state index < -0.39 is 11.0 Å². The standard InChI is InChI=1S/C30H27N3O8S/c1-6-21(34)26-16(2)31-30-32(27(26)18-13-23(38-3)28(40-5)24(14-18)39-4)29(35)25(42-30)15-20-11-12-22(41-20)17-7-9-19(10-8-17)33(36)37/h7-15,27H,6H2,1-5H3/b25-15-. The quantitative estimate of drug-likeness (QED) is 0.207. The van der Waals surface area contributed by atoms with Gasteiger partial charge in [-0.3, -0.25) is 24.3 Å². The molecule has 0 amide bonds. The predicted molar refractivity (Wildman–Crippen MR) is 156 cm³/mol. The number of aromatic nitrogens is 1. The Labute approximate surface area is 243 Å². The van der Waals surface area contributed by atoms with Crippen LogP contribution in [0.15, 0.2) is 74.0 Å². The number of Topliss-reactive ketones (excluding diaryl/α,β-unsaturated/α-hetero) is 1. The number of nitro groups is 1. The van der Waals surface area contributed by atoms with Crippen molar-refractivity contribution < 1.29 is 28.3 Å². The summed E-state index contributed by atoms with van der Waals surface area (Å²) in [4.78, 5) is 42.7. The second kappa shape index (κ2) is 11.5. The maximum Gasteiger partial charge on any atom is 0.271 e. The normalized spacial score (nSPS) is 14.8. The molecule has 0 radical (unpaired) electrons. The van der Waals surface area contributed by atoms with Crippen molar-refractivity contribution in [2.45, 2.75) is 26.3 Å². The molecule has 5 rings (SSSR count). The zero-order valence-electron chi connectivity index (χ0n) is 23.5. The first-order chi connectivity index (χ1) is 20.2. The van der Waals surface area contributed by atoms with E-state index in [1.807, 2.05) is 0 Å². The lowest BCUT2D eigenvalue weighted by Gasteiger charge is -2.26. The van der Waals surface area contributed by atoms with Gasteiger partial charge in [0, 0.05) is 41.5 Å². The van der Waals surface area contributed by atoms with Crippen LogP contribution in [0.3, 0.4) is 0 Å². The van der Waals surface area contributed by atoms with Gasteiger partial charge >= 0.3 is 0 Å². The Hall–Kier alpha value is -4.97. The molecule has 4 aromatic rings. The van der Waals surface area contributed by atoms with Crippen LogP contribution in [0.4, 0.5) is 5.69 Å². The van der Waals surface area contributed by atoms with Crippen LogP contribution in [0, 0.1) is 10.1 Å². The van der Waals surface area contributed by atoms with Gasteiger partial charge < -0.3 is 18.6 Å². The fourth-order valence-electron chi connectivity index (χ4n) is 4.90. The van der Waals surface area contributed by atoms with Crippen molar-refractivity contribution >= 4 is 28.9 Å². The number of nitro benzene ring substituents is 1. The number of nitrogens with zero attached hydrogens (tertiary/aromatic N) is 3. The molecule has 2 aromatic heterocycles. The van der Waals surface area contributed by atoms with Crippen molar-refractivity contribution in [3.05, 3.63) is 101 Å². The molecule has 11 nitrogen and oxygen atoms in total. The monoisotopic (exact) mass is 589 g/mol. The second-order valence-electron chi connectivity index (χ2n) is 9.32. The number of carbonyl (C=O) groups excluding carboxylic acids is 1. The number of hydrogen-bond donors (Lipinski definition) is 0. The van der Waals surface area contributed by atoms with Crippen LogP contribution in [0.2, 0.25) is 0 Å². The van der Waals surface area contributed by atoms with Gasteiger partial charge in [-0.25, -0.2) is 4.99 Å². The molecule has 3 heterocycles. The van der Waals surface area contributed by atoms with Crippen LogP contribution in [0.25, 0.3) is 17.4 Å². The van der Waals surface area contributed by atoms with Gasteiger partial charge in [0.25, 0.3) is 11.2 Å². The SMILES string of the molecule is CCC(=O)C1=C(C)N=c2s/c(=C\c3ccc(-c4ccc([N+](=O)[O-])cc4)o3)c(=O)n2C1c1cc(OC)c(OC)c(OC)c1. The number of hydrogen-bond acceptors (Lipinski definition) is 10. The van der Waals surface area contributed by atoms with Gasteiger partial charge in [0.1, 0.15) is 11.5 Å². The second-order valence-corrected chi connectivity index (χ2v) is 10.3. The molecular weight excluding hydrogens is 562 g/mol. The number of ether oxygens (including phenoxy) is 3. The first kappa shape index (κ1) is 28.6. The summed E-state index contributed by atoms with van der Waals surface area (Å²) in [5.41, 5.74) is 1.81. The number of non-ortho nitro benzene ring substituents is 1. The first-order valence-corrected chi connectivity index (χ1v) is 13.7. The molecule has 0 fully saturated rings. The van der Waals surface area contributed by atoms with E-state index in [1.165, 1.54) is 49.4 Å². The summed E-state index contributed by atoms with van der Waals surface area (Å²) in [7, 11) is 4.50. The molecule has 1 atom stereocenters. The van der Waals surface area contributed by atoms with Gasteiger partial charge in [0.2, 0.25) is 5.75 Å². The molecule has 0 saturated heterocycles. The lowest BCUT2D eigenvalue weighted by Crippen LogP contribution is -2.39. The average molecular weight is 590 g/mol. The Morgan fingerprint density at radius 2 is 1.76 bits per heavy atom. The Kier molecular flexibility index (Phi) is 7.81. The van der Waals surface area contributed by atoms with Crippen LogP contribution >= 0.6 is 11.3 Å². The van der Waals surface area contributed by atoms with Crippen molar-refractivity contribution in [2.24, 2.45) is 4.99 Å². The number of carbonyl (C=O) groups is 1. The average Bonchev–Trinajstić information content (AvgIpc) is 3.59. The van der Waals surface area contributed by atoms with Crippen LogP contribution in [0.5, 0.6) is 17.2 Å². The molecule has 0 aliphatic carbocycles. The minimum absolute atomic E-state index is 0.0236. The largest absolute Gasteiger partial charge is 0.493 e. The van der Waals surface area contributed by atoms with E-state index >= 15 is 0 Å². The highest BCUT2D eigenvalue weighted by atomic mass is 32.1. The van der Waals surface area contributed by atoms with Crippen LogP contribution in [-0.4, -0.2) is 36.6 Å². The van der Waals surface area contributed by atoms with E-state index in [4.69, 9.17) is 18.6 Å². The fourth-order valence-corrected chi connectivity index (χ4v) is 5.93. The van der Waals surface area contributed by atoms with E-state index in [0.29, 0.717) is 60.5 Å². The topological polar surface area (TPSA) is 135 Å². The molecular formula is C30H27N3O8S. The number of methoxy groups -OCH3 is 3.